The Morgan fingerprint density at radius 3 is 2.40 bits per heavy atom. The van der Waals surface area contributed by atoms with E-state index in [0.29, 0.717) is 19.4 Å². The van der Waals surface area contributed by atoms with E-state index in [0.717, 1.165) is 0 Å². The van der Waals surface area contributed by atoms with Crippen LogP contribution in [0.1, 0.15) is 20.8 Å². The highest BCUT2D eigenvalue weighted by molar-refractivity contribution is 5.71. The van der Waals surface area contributed by atoms with Crippen LogP contribution in [0.3, 0.4) is 0 Å². The third-order valence-electron chi connectivity index (χ3n) is 1.51. The zero-order chi connectivity index (χ0) is 11.9. The maximum Gasteiger partial charge on any atom is 0.410 e. The summed E-state index contributed by atoms with van der Waals surface area (Å²) in [4.78, 5) is 23.2. The fourth-order valence-corrected chi connectivity index (χ4v) is 0.875. The van der Waals surface area contributed by atoms with Gasteiger partial charge < -0.3 is 14.3 Å². The van der Waals surface area contributed by atoms with Crippen LogP contribution < -0.4 is 0 Å². The molecule has 0 aromatic carbocycles. The van der Waals surface area contributed by atoms with E-state index in [-0.39, 0.29) is 6.54 Å². The number of amides is 1. The number of aldehydes is 1. The number of methoxy groups -OCH3 is 1. The average Bonchev–Trinajstić information content (AvgIpc) is 2.09. The minimum absolute atomic E-state index is 0.0261. The van der Waals surface area contributed by atoms with Gasteiger partial charge in [0.25, 0.3) is 0 Å². The maximum atomic E-state index is 11.5. The Hall–Kier alpha value is -1.10. The van der Waals surface area contributed by atoms with Gasteiger partial charge in [-0.3, -0.25) is 4.90 Å². The minimum Gasteiger partial charge on any atom is -0.444 e. The summed E-state index contributed by atoms with van der Waals surface area (Å²) in [5.41, 5.74) is -0.550. The summed E-state index contributed by atoms with van der Waals surface area (Å²) in [6.45, 7) is 6.09. The second-order valence-electron chi connectivity index (χ2n) is 4.09. The van der Waals surface area contributed by atoms with Crippen molar-refractivity contribution in [3.05, 3.63) is 0 Å². The number of rotatable bonds is 5. The molecule has 0 aromatic heterocycles. The van der Waals surface area contributed by atoms with E-state index in [4.69, 9.17) is 9.47 Å². The number of hydrogen-bond donors (Lipinski definition) is 0. The first-order valence-corrected chi connectivity index (χ1v) is 4.81. The molecule has 5 heteroatoms. The highest BCUT2D eigenvalue weighted by Crippen LogP contribution is 2.09. The average molecular weight is 217 g/mol. The summed E-state index contributed by atoms with van der Waals surface area (Å²) in [5, 5.41) is 0. The van der Waals surface area contributed by atoms with Crippen LogP contribution in [0.2, 0.25) is 0 Å². The predicted octanol–water partition coefficient (Wildman–Crippen LogP) is 1.07. The molecular formula is C10H19NO4. The molecular weight excluding hydrogens is 198 g/mol. The molecule has 88 valence electrons. The second kappa shape index (κ2) is 6.40. The van der Waals surface area contributed by atoms with E-state index in [1.54, 1.807) is 20.8 Å². The van der Waals surface area contributed by atoms with Crippen LogP contribution in [0.25, 0.3) is 0 Å². The molecule has 0 spiro atoms. The van der Waals surface area contributed by atoms with Crippen molar-refractivity contribution < 1.29 is 19.1 Å². The first-order valence-electron chi connectivity index (χ1n) is 4.81. The Morgan fingerprint density at radius 2 is 2.00 bits per heavy atom. The van der Waals surface area contributed by atoms with Gasteiger partial charge in [0.05, 0.1) is 13.2 Å². The molecule has 5 nitrogen and oxygen atoms in total. The molecule has 0 unspecified atom stereocenters. The van der Waals surface area contributed by atoms with Crippen molar-refractivity contribution in [2.45, 2.75) is 26.4 Å². The summed E-state index contributed by atoms with van der Waals surface area (Å²) in [6, 6.07) is 0. The molecule has 0 aliphatic carbocycles. The number of hydrogen-bond acceptors (Lipinski definition) is 4. The smallest absolute Gasteiger partial charge is 0.410 e. The van der Waals surface area contributed by atoms with Gasteiger partial charge in [0.2, 0.25) is 0 Å². The maximum absolute atomic E-state index is 11.5. The first-order chi connectivity index (χ1) is 6.90. The van der Waals surface area contributed by atoms with Crippen molar-refractivity contribution in [3.8, 4) is 0 Å². The Morgan fingerprint density at radius 1 is 1.40 bits per heavy atom. The van der Waals surface area contributed by atoms with Crippen molar-refractivity contribution in [3.63, 3.8) is 0 Å². The monoisotopic (exact) mass is 217 g/mol. The molecule has 0 heterocycles. The van der Waals surface area contributed by atoms with E-state index in [9.17, 15) is 9.59 Å². The van der Waals surface area contributed by atoms with Crippen molar-refractivity contribution in [1.29, 1.82) is 0 Å². The summed E-state index contributed by atoms with van der Waals surface area (Å²) in [6.07, 6.45) is 0.172. The molecule has 0 aliphatic heterocycles. The van der Waals surface area contributed by atoms with Crippen LogP contribution in [-0.4, -0.2) is 49.7 Å². The summed E-state index contributed by atoms with van der Waals surface area (Å²) in [7, 11) is 1.54. The van der Waals surface area contributed by atoms with Crippen LogP contribution in [0, 0.1) is 0 Å². The SMILES string of the molecule is COCCN(CC=O)C(=O)OC(C)(C)C. The largest absolute Gasteiger partial charge is 0.444 e. The quantitative estimate of drug-likeness (QED) is 0.646. The first kappa shape index (κ1) is 13.9. The third-order valence-corrected chi connectivity index (χ3v) is 1.51. The number of carbonyl (C=O) groups is 2. The lowest BCUT2D eigenvalue weighted by Crippen LogP contribution is -2.39. The second-order valence-corrected chi connectivity index (χ2v) is 4.09. The lowest BCUT2D eigenvalue weighted by Gasteiger charge is -2.25. The van der Waals surface area contributed by atoms with E-state index in [2.05, 4.69) is 0 Å². The lowest BCUT2D eigenvalue weighted by atomic mass is 10.2. The Bertz CT molecular complexity index is 210. The summed E-state index contributed by atoms with van der Waals surface area (Å²) in [5.74, 6) is 0. The highest BCUT2D eigenvalue weighted by atomic mass is 16.6. The molecule has 0 atom stereocenters. The van der Waals surface area contributed by atoms with Gasteiger partial charge in [-0.25, -0.2) is 4.79 Å². The van der Waals surface area contributed by atoms with Gasteiger partial charge in [-0.2, -0.15) is 0 Å². The molecule has 0 fully saturated rings. The standard InChI is InChI=1S/C10H19NO4/c1-10(2,3)15-9(13)11(5-7-12)6-8-14-4/h7H,5-6,8H2,1-4H3. The third kappa shape index (κ3) is 6.90. The molecule has 1 amide bonds. The fraction of sp³-hybridized carbons (Fsp3) is 0.800. The van der Waals surface area contributed by atoms with E-state index in [1.165, 1.54) is 12.0 Å². The summed E-state index contributed by atoms with van der Waals surface area (Å²) < 4.78 is 9.96. The van der Waals surface area contributed by atoms with Gasteiger partial charge in [-0.1, -0.05) is 0 Å². The van der Waals surface area contributed by atoms with Gasteiger partial charge in [-0.05, 0) is 20.8 Å². The van der Waals surface area contributed by atoms with Gasteiger partial charge >= 0.3 is 6.09 Å². The van der Waals surface area contributed by atoms with E-state index >= 15 is 0 Å². The van der Waals surface area contributed by atoms with Gasteiger partial charge in [0.1, 0.15) is 11.9 Å². The Kier molecular flexibility index (Phi) is 5.93. The number of nitrogens with zero attached hydrogens (tertiary/aromatic N) is 1. The predicted molar refractivity (Wildman–Crippen MR) is 55.7 cm³/mol. The molecule has 0 saturated heterocycles. The van der Waals surface area contributed by atoms with E-state index in [1.807, 2.05) is 0 Å². The number of carbonyl (C=O) groups excluding carboxylic acids is 2. The normalized spacial score (nSPS) is 10.9. The van der Waals surface area contributed by atoms with Gasteiger partial charge in [0.15, 0.2) is 0 Å². The van der Waals surface area contributed by atoms with Crippen molar-refractivity contribution in [1.82, 2.24) is 4.90 Å². The topological polar surface area (TPSA) is 55.8 Å². The van der Waals surface area contributed by atoms with Crippen LogP contribution >= 0.6 is 0 Å². The van der Waals surface area contributed by atoms with Gasteiger partial charge in [0, 0.05) is 13.7 Å². The summed E-state index contributed by atoms with van der Waals surface area (Å²) >= 11 is 0. The van der Waals surface area contributed by atoms with Crippen molar-refractivity contribution in [2.75, 3.05) is 26.8 Å². The molecule has 0 radical (unpaired) electrons. The lowest BCUT2D eigenvalue weighted by molar-refractivity contribution is -0.109. The van der Waals surface area contributed by atoms with Gasteiger partial charge in [-0.15, -0.1) is 0 Å². The van der Waals surface area contributed by atoms with E-state index < -0.39 is 11.7 Å². The molecule has 0 bridgehead atoms. The molecule has 0 saturated carbocycles. The molecule has 0 aromatic rings. The van der Waals surface area contributed by atoms with Crippen molar-refractivity contribution in [2.24, 2.45) is 0 Å². The Labute approximate surface area is 90.3 Å². The number of ether oxygens (including phenoxy) is 2. The molecule has 0 N–H and O–H groups in total. The molecule has 0 aliphatic rings. The van der Waals surface area contributed by atoms with Crippen molar-refractivity contribution >= 4 is 12.4 Å². The zero-order valence-electron chi connectivity index (χ0n) is 9.78. The van der Waals surface area contributed by atoms with Crippen LogP contribution in [0.4, 0.5) is 4.79 Å². The zero-order valence-corrected chi connectivity index (χ0v) is 9.78. The van der Waals surface area contributed by atoms with Crippen LogP contribution in [0.15, 0.2) is 0 Å². The fourth-order valence-electron chi connectivity index (χ4n) is 0.875. The highest BCUT2D eigenvalue weighted by Gasteiger charge is 2.21. The van der Waals surface area contributed by atoms with Crippen LogP contribution in [-0.2, 0) is 14.3 Å². The minimum atomic E-state index is -0.550. The van der Waals surface area contributed by atoms with Crippen LogP contribution in [0.5, 0.6) is 0 Å². The molecule has 15 heavy (non-hydrogen) atoms. The Balaban J connectivity index is 4.21. The molecule has 0 rings (SSSR count).